The van der Waals surface area contributed by atoms with E-state index in [0.29, 0.717) is 11.1 Å². The van der Waals surface area contributed by atoms with Crippen molar-refractivity contribution in [3.8, 4) is 0 Å². The topological polar surface area (TPSA) is 485 Å². The van der Waals surface area contributed by atoms with Gasteiger partial charge >= 0.3 is 0 Å². The quantitative estimate of drug-likeness (QED) is 0.0289. The van der Waals surface area contributed by atoms with Crippen molar-refractivity contribution >= 4 is 81.9 Å². The number of H-pyrrole nitrogens is 1. The van der Waals surface area contributed by atoms with Gasteiger partial charge in [0.15, 0.2) is 17.9 Å². The average molecular weight is 1090 g/mol. The van der Waals surface area contributed by atoms with E-state index >= 15 is 0 Å². The number of carbonyl (C=O) groups is 9. The van der Waals surface area contributed by atoms with Crippen LogP contribution in [0.4, 0.5) is 0 Å². The summed E-state index contributed by atoms with van der Waals surface area (Å²) >= 11 is 0. The molecule has 1 fully saturated rings. The van der Waals surface area contributed by atoms with E-state index in [2.05, 4.69) is 62.5 Å². The molecule has 1 aromatic heterocycles. The standard InChI is InChI=1S/C50H75N19O9/c1-28(70)63-34(16-8-22-59-48(52)53)42(73)67-37-19-20-40(71)58-21-7-15-33(41(51)72)64-47(78)39(26-30-27-62-32-14-6-5-13-31(30)32)69-44(75)36(18-10-24-61-50(56)57)66-46(77)38(25-29-11-3-2-4-12-29)68-43(74)35(65-45(37)76)17-9-23-60-49(54)55/h2-6,11-14,27,33-39,62H,7-10,15-26H2,1H3,(H2,51,72)(H,58,71)(H,63,70)(H,64,78)(H,65,76)(H,66,77)(H,67,73)(H,68,74)(H,69,75)(H4,52,53,59)(H4,54,55,60)(H4,56,57,61)/t33-,34-,35-,36?,37-,38+,39-/m0/s1. The molecule has 1 saturated heterocycles. The number of hydrogen-bond acceptors (Lipinski definition) is 12. The van der Waals surface area contributed by atoms with E-state index in [1.165, 1.54) is 6.92 Å². The van der Waals surface area contributed by atoms with Crippen molar-refractivity contribution in [1.82, 2.24) is 47.5 Å². The van der Waals surface area contributed by atoms with Gasteiger partial charge in [0.25, 0.3) is 0 Å². The van der Waals surface area contributed by atoms with Gasteiger partial charge in [-0.15, -0.1) is 0 Å². The lowest BCUT2D eigenvalue weighted by molar-refractivity contribution is -0.136. The summed E-state index contributed by atoms with van der Waals surface area (Å²) in [5, 5.41) is 22.2. The Morgan fingerprint density at radius 2 is 1.15 bits per heavy atom. The lowest BCUT2D eigenvalue weighted by Gasteiger charge is -2.28. The zero-order valence-corrected chi connectivity index (χ0v) is 43.7. The molecule has 0 saturated carbocycles. The average Bonchev–Trinajstić information content (AvgIpc) is 3.80. The fraction of sp³-hybridized carbons (Fsp3) is 0.480. The van der Waals surface area contributed by atoms with Crippen LogP contribution in [0.5, 0.6) is 0 Å². The predicted octanol–water partition coefficient (Wildman–Crippen LogP) is -4.30. The van der Waals surface area contributed by atoms with Gasteiger partial charge in [-0.2, -0.15) is 0 Å². The summed E-state index contributed by atoms with van der Waals surface area (Å²) in [5.74, 6) is -7.70. The lowest BCUT2D eigenvalue weighted by Crippen LogP contribution is -2.60. The number of aromatic amines is 1. The molecule has 4 rings (SSSR count). The third-order valence-corrected chi connectivity index (χ3v) is 12.4. The minimum Gasteiger partial charge on any atom is -0.370 e. The van der Waals surface area contributed by atoms with Crippen molar-refractivity contribution in [2.24, 2.45) is 55.1 Å². The molecule has 1 aliphatic rings. The number of nitrogens with two attached hydrogens (primary N) is 7. The first-order valence-corrected chi connectivity index (χ1v) is 25.6. The van der Waals surface area contributed by atoms with Gasteiger partial charge < -0.3 is 87.7 Å². The number of aromatic nitrogens is 1. The molecule has 1 aliphatic heterocycles. The zero-order valence-electron chi connectivity index (χ0n) is 43.7. The van der Waals surface area contributed by atoms with E-state index in [4.69, 9.17) is 40.1 Å². The number of benzene rings is 2. The third-order valence-electron chi connectivity index (χ3n) is 12.4. The smallest absolute Gasteiger partial charge is 0.243 e. The van der Waals surface area contributed by atoms with Gasteiger partial charge in [0, 0.05) is 69.5 Å². The molecule has 7 atom stereocenters. The summed E-state index contributed by atoms with van der Waals surface area (Å²) < 4.78 is 0. The van der Waals surface area contributed by atoms with Crippen LogP contribution >= 0.6 is 0 Å². The number of para-hydroxylation sites is 1. The molecule has 28 heteroatoms. The molecular weight excluding hydrogens is 1010 g/mol. The Bertz CT molecular complexity index is 2630. The number of nitrogens with one attached hydrogen (secondary N) is 9. The first-order chi connectivity index (χ1) is 37.2. The number of amides is 9. The van der Waals surface area contributed by atoms with Crippen molar-refractivity contribution in [3.05, 3.63) is 71.9 Å². The molecule has 424 valence electrons. The van der Waals surface area contributed by atoms with Crippen LogP contribution in [0, 0.1) is 0 Å². The van der Waals surface area contributed by atoms with Gasteiger partial charge in [0.05, 0.1) is 0 Å². The molecule has 23 N–H and O–H groups in total. The van der Waals surface area contributed by atoms with Gasteiger partial charge in [-0.25, -0.2) is 0 Å². The van der Waals surface area contributed by atoms with E-state index in [0.717, 1.165) is 10.9 Å². The Morgan fingerprint density at radius 3 is 1.74 bits per heavy atom. The van der Waals surface area contributed by atoms with Crippen molar-refractivity contribution < 1.29 is 43.2 Å². The number of fused-ring (bicyclic) bond motifs is 1. The fourth-order valence-corrected chi connectivity index (χ4v) is 8.44. The molecule has 2 aromatic carbocycles. The van der Waals surface area contributed by atoms with Gasteiger partial charge in [-0.1, -0.05) is 48.5 Å². The second-order valence-electron chi connectivity index (χ2n) is 18.7. The largest absolute Gasteiger partial charge is 0.370 e. The Labute approximate surface area is 450 Å². The Hall–Kier alpha value is -8.98. The molecule has 2 heterocycles. The van der Waals surface area contributed by atoms with Crippen LogP contribution in [0.2, 0.25) is 0 Å². The number of guanidine groups is 3. The van der Waals surface area contributed by atoms with Crippen LogP contribution in [0.25, 0.3) is 10.9 Å². The predicted molar refractivity (Wildman–Crippen MR) is 292 cm³/mol. The van der Waals surface area contributed by atoms with E-state index in [1.54, 1.807) is 42.6 Å². The Balaban J connectivity index is 1.80. The number of rotatable bonds is 20. The maximum absolute atomic E-state index is 14.7. The number of aliphatic imine (C=N–C) groups is 3. The maximum Gasteiger partial charge on any atom is 0.243 e. The van der Waals surface area contributed by atoms with E-state index in [9.17, 15) is 43.2 Å². The number of nitrogens with zero attached hydrogens (tertiary/aromatic N) is 3. The molecule has 9 amide bonds. The molecule has 0 radical (unpaired) electrons. The van der Waals surface area contributed by atoms with Crippen LogP contribution < -0.4 is 82.7 Å². The summed E-state index contributed by atoms with van der Waals surface area (Å²) in [6.45, 7) is 1.35. The minimum atomic E-state index is -1.50. The molecule has 0 bridgehead atoms. The second kappa shape index (κ2) is 31.8. The van der Waals surface area contributed by atoms with Crippen LogP contribution in [0.1, 0.15) is 82.3 Å². The van der Waals surface area contributed by atoms with Crippen molar-refractivity contribution in [2.45, 2.75) is 126 Å². The molecule has 3 aromatic rings. The highest BCUT2D eigenvalue weighted by atomic mass is 16.2. The first-order valence-electron chi connectivity index (χ1n) is 25.6. The van der Waals surface area contributed by atoms with Crippen molar-refractivity contribution in [2.75, 3.05) is 26.2 Å². The van der Waals surface area contributed by atoms with Gasteiger partial charge in [-0.05, 0) is 75.0 Å². The summed E-state index contributed by atoms with van der Waals surface area (Å²) in [5.41, 5.74) is 41.0. The van der Waals surface area contributed by atoms with Crippen molar-refractivity contribution in [3.63, 3.8) is 0 Å². The maximum atomic E-state index is 14.7. The van der Waals surface area contributed by atoms with Crippen LogP contribution in [0.3, 0.4) is 0 Å². The van der Waals surface area contributed by atoms with Crippen LogP contribution in [-0.2, 0) is 56.0 Å². The van der Waals surface area contributed by atoms with Crippen LogP contribution in [0.15, 0.2) is 75.8 Å². The fourth-order valence-electron chi connectivity index (χ4n) is 8.44. The molecule has 0 aliphatic carbocycles. The SMILES string of the molecule is CC(=O)N[C@@H](CCCN=C(N)N)C(=O)N[C@H]1CCC(=O)NCCC[C@@H](C(N)=O)NC(=O)[C@H](Cc2c[nH]c3ccccc23)NC(=O)C(CCCN=C(N)N)NC(=O)[C@@H](Cc2ccccc2)NC(=O)[C@H](CCCN=C(N)N)NC1=O. The first kappa shape index (κ1) is 61.6. The highest BCUT2D eigenvalue weighted by Crippen LogP contribution is 2.20. The Morgan fingerprint density at radius 1 is 0.628 bits per heavy atom. The molecule has 78 heavy (non-hydrogen) atoms. The lowest BCUT2D eigenvalue weighted by atomic mass is 10.0. The van der Waals surface area contributed by atoms with E-state index in [-0.39, 0.29) is 121 Å². The zero-order chi connectivity index (χ0) is 57.1. The highest BCUT2D eigenvalue weighted by molar-refractivity contribution is 5.98. The summed E-state index contributed by atoms with van der Waals surface area (Å²) in [6.07, 6.45) is 1.20. The molecular formula is C50H75N19O9. The van der Waals surface area contributed by atoms with Crippen molar-refractivity contribution in [1.29, 1.82) is 0 Å². The van der Waals surface area contributed by atoms with Gasteiger partial charge in [-0.3, -0.25) is 58.1 Å². The summed E-state index contributed by atoms with van der Waals surface area (Å²) in [6, 6.07) is 6.33. The van der Waals surface area contributed by atoms with E-state index < -0.39 is 95.5 Å². The van der Waals surface area contributed by atoms with Gasteiger partial charge in [0.1, 0.15) is 42.3 Å². The Kier molecular flexibility index (Phi) is 25.1. The van der Waals surface area contributed by atoms with Gasteiger partial charge in [0.2, 0.25) is 53.2 Å². The number of carbonyl (C=O) groups excluding carboxylic acids is 9. The highest BCUT2D eigenvalue weighted by Gasteiger charge is 2.35. The molecule has 28 nitrogen and oxygen atoms in total. The monoisotopic (exact) mass is 1090 g/mol. The summed E-state index contributed by atoms with van der Waals surface area (Å²) in [4.78, 5) is 140. The van der Waals surface area contributed by atoms with Crippen LogP contribution in [-0.4, -0.2) is 144 Å². The molecule has 1 unspecified atom stereocenters. The minimum absolute atomic E-state index is 0.0185. The number of primary amides is 1. The normalized spacial score (nSPS) is 20.6. The summed E-state index contributed by atoms with van der Waals surface area (Å²) in [7, 11) is 0. The second-order valence-corrected chi connectivity index (χ2v) is 18.7. The third kappa shape index (κ3) is 21.7. The molecule has 0 spiro atoms. The number of hydrogen-bond donors (Lipinski definition) is 16. The van der Waals surface area contributed by atoms with E-state index in [1.807, 2.05) is 18.2 Å².